The van der Waals surface area contributed by atoms with Gasteiger partial charge in [0, 0.05) is 17.8 Å². The van der Waals surface area contributed by atoms with Gasteiger partial charge >= 0.3 is 0 Å². The lowest BCUT2D eigenvalue weighted by atomic mass is 9.87. The minimum Gasteiger partial charge on any atom is -0.496 e. The lowest BCUT2D eigenvalue weighted by molar-refractivity contribution is -0.124. The molecule has 9 nitrogen and oxygen atoms in total. The van der Waals surface area contributed by atoms with Crippen LogP contribution in [0.25, 0.3) is 10.9 Å². The number of hydrogen-bond donors (Lipinski definition) is 4. The fourth-order valence-electron chi connectivity index (χ4n) is 4.25. The molecule has 35 heavy (non-hydrogen) atoms. The van der Waals surface area contributed by atoms with Crippen LogP contribution in [-0.2, 0) is 9.59 Å². The van der Waals surface area contributed by atoms with Gasteiger partial charge in [-0.05, 0) is 49.3 Å². The summed E-state index contributed by atoms with van der Waals surface area (Å²) in [6, 6.07) is 4.55. The van der Waals surface area contributed by atoms with Crippen LogP contribution in [0.15, 0.2) is 18.2 Å². The molecule has 0 radical (unpaired) electrons. The van der Waals surface area contributed by atoms with E-state index < -0.39 is 29.7 Å². The molecule has 3 rings (SSSR count). The first-order valence-electron chi connectivity index (χ1n) is 11.7. The molecule has 2 aromatic rings. The molecule has 0 unspecified atom stereocenters. The van der Waals surface area contributed by atoms with Crippen molar-refractivity contribution >= 4 is 28.6 Å². The van der Waals surface area contributed by atoms with Gasteiger partial charge in [-0.1, -0.05) is 20.8 Å². The van der Waals surface area contributed by atoms with Gasteiger partial charge in [0.15, 0.2) is 0 Å². The summed E-state index contributed by atoms with van der Waals surface area (Å²) in [6.45, 7) is 6.42. The Labute approximate surface area is 203 Å². The molecule has 3 amide bonds. The average molecular weight is 486 g/mol. The number of nitrogens with one attached hydrogen (secondary N) is 4. The maximum absolute atomic E-state index is 14.2. The molecular formula is C25H32FN5O4. The van der Waals surface area contributed by atoms with E-state index in [0.29, 0.717) is 43.4 Å². The Kier molecular flexibility index (Phi) is 7.99. The van der Waals surface area contributed by atoms with Crippen LogP contribution in [0, 0.1) is 28.5 Å². The zero-order valence-corrected chi connectivity index (χ0v) is 20.5. The van der Waals surface area contributed by atoms with Crippen LogP contribution in [0.2, 0.25) is 0 Å². The van der Waals surface area contributed by atoms with Gasteiger partial charge in [-0.25, -0.2) is 4.39 Å². The van der Waals surface area contributed by atoms with E-state index in [9.17, 15) is 24.0 Å². The number of aromatic nitrogens is 1. The number of H-pyrrole nitrogens is 1. The van der Waals surface area contributed by atoms with Crippen LogP contribution < -0.4 is 20.7 Å². The number of fused-ring (bicyclic) bond motifs is 1. The summed E-state index contributed by atoms with van der Waals surface area (Å²) in [6.07, 6.45) is 1.84. The van der Waals surface area contributed by atoms with Gasteiger partial charge in [0.05, 0.1) is 18.7 Å². The Morgan fingerprint density at radius 1 is 1.31 bits per heavy atom. The predicted octanol–water partition coefficient (Wildman–Crippen LogP) is 2.77. The van der Waals surface area contributed by atoms with Crippen molar-refractivity contribution in [3.8, 4) is 11.8 Å². The number of amides is 3. The first-order chi connectivity index (χ1) is 16.5. The van der Waals surface area contributed by atoms with Crippen molar-refractivity contribution in [2.24, 2.45) is 11.3 Å². The number of halogens is 1. The summed E-state index contributed by atoms with van der Waals surface area (Å²) in [5.74, 6) is -1.38. The number of aromatic amines is 1. The molecule has 0 bridgehead atoms. The molecule has 4 N–H and O–H groups in total. The number of nitrogens with zero attached hydrogens (tertiary/aromatic N) is 1. The summed E-state index contributed by atoms with van der Waals surface area (Å²) >= 11 is 0. The number of carbonyl (C=O) groups is 3. The van der Waals surface area contributed by atoms with E-state index in [1.807, 2.05) is 20.8 Å². The van der Waals surface area contributed by atoms with E-state index in [1.165, 1.54) is 25.3 Å². The fraction of sp³-hybridized carbons (Fsp3) is 0.520. The normalized spacial score (nSPS) is 17.4. The lowest BCUT2D eigenvalue weighted by Crippen LogP contribution is -2.51. The second-order valence-electron chi connectivity index (χ2n) is 10.1. The van der Waals surface area contributed by atoms with Crippen molar-refractivity contribution in [3.63, 3.8) is 0 Å². The van der Waals surface area contributed by atoms with Crippen molar-refractivity contribution in [1.82, 2.24) is 20.9 Å². The highest BCUT2D eigenvalue weighted by Gasteiger charge is 2.30. The van der Waals surface area contributed by atoms with Crippen LogP contribution in [0.5, 0.6) is 5.75 Å². The molecule has 188 valence electrons. The number of methoxy groups -OCH3 is 1. The van der Waals surface area contributed by atoms with Crippen LogP contribution in [0.4, 0.5) is 4.39 Å². The Bertz CT molecular complexity index is 1150. The zero-order chi connectivity index (χ0) is 25.8. The number of ether oxygens (including phenoxy) is 1. The van der Waals surface area contributed by atoms with E-state index in [4.69, 9.17) is 4.74 Å². The molecule has 1 aliphatic heterocycles. The van der Waals surface area contributed by atoms with Crippen LogP contribution >= 0.6 is 0 Å². The third kappa shape index (κ3) is 6.50. The Hall–Kier alpha value is -3.61. The number of carbonyl (C=O) groups excluding carboxylic acids is 3. The minimum absolute atomic E-state index is 0.0303. The largest absolute Gasteiger partial charge is 0.496 e. The van der Waals surface area contributed by atoms with Crippen molar-refractivity contribution in [2.75, 3.05) is 13.7 Å². The average Bonchev–Trinajstić information content (AvgIpc) is 3.42. The van der Waals surface area contributed by atoms with Gasteiger partial charge in [-0.2, -0.15) is 5.26 Å². The molecule has 0 aliphatic carbocycles. The smallest absolute Gasteiger partial charge is 0.268 e. The molecule has 1 aliphatic rings. The Morgan fingerprint density at radius 3 is 2.66 bits per heavy atom. The van der Waals surface area contributed by atoms with Gasteiger partial charge in [0.25, 0.3) is 5.91 Å². The number of nitriles is 1. The molecule has 1 fully saturated rings. The summed E-state index contributed by atoms with van der Waals surface area (Å²) in [5, 5.41) is 18.1. The van der Waals surface area contributed by atoms with Gasteiger partial charge in [0.2, 0.25) is 11.8 Å². The number of rotatable bonds is 9. The topological polar surface area (TPSA) is 136 Å². The highest BCUT2D eigenvalue weighted by molar-refractivity contribution is 6.01. The van der Waals surface area contributed by atoms with Crippen LogP contribution in [0.1, 0.15) is 56.9 Å². The molecule has 3 atom stereocenters. The molecule has 0 spiro atoms. The maximum atomic E-state index is 14.2. The Balaban J connectivity index is 1.73. The molecule has 1 aromatic heterocycles. The molecule has 1 saturated heterocycles. The van der Waals surface area contributed by atoms with E-state index >= 15 is 0 Å². The van der Waals surface area contributed by atoms with Crippen LogP contribution in [-0.4, -0.2) is 48.4 Å². The van der Waals surface area contributed by atoms with Gasteiger partial charge in [0.1, 0.15) is 29.3 Å². The maximum Gasteiger partial charge on any atom is 0.268 e. The van der Waals surface area contributed by atoms with Crippen molar-refractivity contribution in [3.05, 3.63) is 29.7 Å². The molecule has 1 aromatic carbocycles. The van der Waals surface area contributed by atoms with E-state index in [2.05, 4.69) is 27.0 Å². The van der Waals surface area contributed by atoms with E-state index in [0.717, 1.165) is 0 Å². The highest BCUT2D eigenvalue weighted by atomic mass is 19.1. The standard InChI is InChI=1S/C25H32FN5O4/c1-25(2,3)12-19(24(34)29-15(13-27)6-5-14-9-10-28-22(14)32)31-23(33)18-11-16-20(35-4)8-7-17(26)21(16)30-18/h7-8,11,14-15,19,30H,5-6,9-10,12H2,1-4H3,(H,28,32)(H,29,34)(H,31,33)/t14-,15+,19+/m1/s1. The van der Waals surface area contributed by atoms with Crippen molar-refractivity contribution in [1.29, 1.82) is 5.26 Å². The second kappa shape index (κ2) is 10.8. The summed E-state index contributed by atoms with van der Waals surface area (Å²) in [5.41, 5.74) is -0.0965. The zero-order valence-electron chi connectivity index (χ0n) is 20.5. The Morgan fingerprint density at radius 2 is 2.06 bits per heavy atom. The fourth-order valence-corrected chi connectivity index (χ4v) is 4.25. The molecular weight excluding hydrogens is 453 g/mol. The molecule has 0 saturated carbocycles. The van der Waals surface area contributed by atoms with Crippen molar-refractivity contribution in [2.45, 2.75) is 58.5 Å². The number of hydrogen-bond acceptors (Lipinski definition) is 5. The minimum atomic E-state index is -0.925. The number of benzene rings is 1. The van der Waals surface area contributed by atoms with Gasteiger partial charge in [-0.3, -0.25) is 14.4 Å². The van der Waals surface area contributed by atoms with E-state index in [-0.39, 0.29) is 28.5 Å². The van der Waals surface area contributed by atoms with Crippen LogP contribution in [0.3, 0.4) is 0 Å². The summed E-state index contributed by atoms with van der Waals surface area (Å²) in [4.78, 5) is 40.7. The molecule has 2 heterocycles. The summed E-state index contributed by atoms with van der Waals surface area (Å²) < 4.78 is 19.5. The molecule has 10 heteroatoms. The third-order valence-electron chi connectivity index (χ3n) is 6.04. The predicted molar refractivity (Wildman–Crippen MR) is 128 cm³/mol. The monoisotopic (exact) mass is 485 g/mol. The SMILES string of the molecule is COc1ccc(F)c2[nH]c(C(=O)N[C@@H](CC(C)(C)C)C(=O)N[C@H](C#N)CC[C@@H]3CCNC3=O)cc12. The first-order valence-corrected chi connectivity index (χ1v) is 11.7. The van der Waals surface area contributed by atoms with Crippen molar-refractivity contribution < 1.29 is 23.5 Å². The highest BCUT2D eigenvalue weighted by Crippen LogP contribution is 2.29. The summed E-state index contributed by atoms with van der Waals surface area (Å²) in [7, 11) is 1.45. The quantitative estimate of drug-likeness (QED) is 0.433. The van der Waals surface area contributed by atoms with Gasteiger partial charge in [-0.15, -0.1) is 0 Å². The first kappa shape index (κ1) is 26.0. The second-order valence-corrected chi connectivity index (χ2v) is 10.1. The van der Waals surface area contributed by atoms with Gasteiger partial charge < -0.3 is 25.7 Å². The lowest BCUT2D eigenvalue weighted by Gasteiger charge is -2.27. The van der Waals surface area contributed by atoms with E-state index in [1.54, 1.807) is 0 Å². The third-order valence-corrected chi connectivity index (χ3v) is 6.04.